The highest BCUT2D eigenvalue weighted by molar-refractivity contribution is 5.04. The SMILES string of the molecule is CCCC1CCC2(CC1)CC2CN. The van der Waals surface area contributed by atoms with Gasteiger partial charge in [0.05, 0.1) is 0 Å². The van der Waals surface area contributed by atoms with E-state index in [0.29, 0.717) is 0 Å². The molecule has 2 N–H and O–H groups in total. The van der Waals surface area contributed by atoms with E-state index in [9.17, 15) is 0 Å². The molecule has 2 aliphatic rings. The third-order valence-electron chi connectivity index (χ3n) is 4.44. The fourth-order valence-electron chi connectivity index (χ4n) is 3.33. The predicted octanol–water partition coefficient (Wildman–Crippen LogP) is 2.94. The molecule has 2 saturated carbocycles. The quantitative estimate of drug-likeness (QED) is 0.711. The fraction of sp³-hybridized carbons (Fsp3) is 1.00. The molecular weight excluding hydrogens is 158 g/mol. The van der Waals surface area contributed by atoms with Crippen LogP contribution in [0.3, 0.4) is 0 Å². The molecule has 2 aliphatic carbocycles. The standard InChI is InChI=1S/C12H23N/c1-2-3-10-4-6-12(7-5-10)8-11(12)9-13/h10-11H,2-9,13H2,1H3. The molecule has 0 aromatic rings. The Labute approximate surface area is 82.1 Å². The van der Waals surface area contributed by atoms with Crippen LogP contribution in [-0.4, -0.2) is 6.54 Å². The zero-order chi connectivity index (χ0) is 9.31. The van der Waals surface area contributed by atoms with Crippen LogP contribution in [0.15, 0.2) is 0 Å². The Bertz CT molecular complexity index is 168. The van der Waals surface area contributed by atoms with Crippen LogP contribution < -0.4 is 5.73 Å². The van der Waals surface area contributed by atoms with Gasteiger partial charge in [-0.25, -0.2) is 0 Å². The van der Waals surface area contributed by atoms with Crippen molar-refractivity contribution in [1.82, 2.24) is 0 Å². The maximum absolute atomic E-state index is 5.73. The molecule has 1 heteroatoms. The molecule has 0 amide bonds. The van der Waals surface area contributed by atoms with Gasteiger partial charge in [-0.1, -0.05) is 19.8 Å². The fourth-order valence-corrected chi connectivity index (χ4v) is 3.33. The van der Waals surface area contributed by atoms with Gasteiger partial charge in [-0.2, -0.15) is 0 Å². The Morgan fingerprint density at radius 3 is 2.46 bits per heavy atom. The third-order valence-corrected chi connectivity index (χ3v) is 4.44. The minimum absolute atomic E-state index is 0.749. The molecule has 2 fully saturated rings. The molecule has 0 heterocycles. The first-order chi connectivity index (χ1) is 6.30. The molecule has 1 nitrogen and oxygen atoms in total. The first-order valence-electron chi connectivity index (χ1n) is 6.01. The van der Waals surface area contributed by atoms with E-state index in [1.165, 1.54) is 44.9 Å². The van der Waals surface area contributed by atoms with Crippen LogP contribution in [0.4, 0.5) is 0 Å². The molecule has 0 radical (unpaired) electrons. The van der Waals surface area contributed by atoms with E-state index in [0.717, 1.165) is 23.8 Å². The summed E-state index contributed by atoms with van der Waals surface area (Å²) in [6.45, 7) is 3.25. The maximum Gasteiger partial charge on any atom is -0.00433 e. The van der Waals surface area contributed by atoms with Crippen molar-refractivity contribution in [1.29, 1.82) is 0 Å². The van der Waals surface area contributed by atoms with E-state index in [1.807, 2.05) is 0 Å². The normalized spacial score (nSPS) is 43.8. The summed E-state index contributed by atoms with van der Waals surface area (Å²) in [7, 11) is 0. The maximum atomic E-state index is 5.73. The van der Waals surface area contributed by atoms with Crippen molar-refractivity contribution >= 4 is 0 Å². The number of hydrogen-bond donors (Lipinski definition) is 1. The lowest BCUT2D eigenvalue weighted by Crippen LogP contribution is -2.19. The minimum Gasteiger partial charge on any atom is -0.330 e. The van der Waals surface area contributed by atoms with Crippen LogP contribution in [0.1, 0.15) is 51.9 Å². The van der Waals surface area contributed by atoms with Gasteiger partial charge in [0.15, 0.2) is 0 Å². The largest absolute Gasteiger partial charge is 0.330 e. The van der Waals surface area contributed by atoms with Gasteiger partial charge >= 0.3 is 0 Å². The van der Waals surface area contributed by atoms with Gasteiger partial charge < -0.3 is 5.73 Å². The van der Waals surface area contributed by atoms with E-state index in [4.69, 9.17) is 5.73 Å². The van der Waals surface area contributed by atoms with Crippen molar-refractivity contribution in [3.63, 3.8) is 0 Å². The van der Waals surface area contributed by atoms with Crippen LogP contribution >= 0.6 is 0 Å². The molecule has 0 aromatic heterocycles. The highest BCUT2D eigenvalue weighted by Crippen LogP contribution is 2.61. The molecular formula is C12H23N. The van der Waals surface area contributed by atoms with Crippen LogP contribution in [0.25, 0.3) is 0 Å². The van der Waals surface area contributed by atoms with Crippen LogP contribution in [0, 0.1) is 17.3 Å². The second kappa shape index (κ2) is 3.61. The second-order valence-corrected chi connectivity index (χ2v) is 5.23. The van der Waals surface area contributed by atoms with E-state index in [-0.39, 0.29) is 0 Å². The monoisotopic (exact) mass is 181 g/mol. The summed E-state index contributed by atoms with van der Waals surface area (Å²) in [5, 5.41) is 0. The second-order valence-electron chi connectivity index (χ2n) is 5.23. The van der Waals surface area contributed by atoms with E-state index < -0.39 is 0 Å². The molecule has 13 heavy (non-hydrogen) atoms. The number of rotatable bonds is 3. The van der Waals surface area contributed by atoms with E-state index in [1.54, 1.807) is 0 Å². The summed E-state index contributed by atoms with van der Waals surface area (Å²) in [4.78, 5) is 0. The Balaban J connectivity index is 1.77. The van der Waals surface area contributed by atoms with Gasteiger partial charge in [0.25, 0.3) is 0 Å². The van der Waals surface area contributed by atoms with Crippen molar-refractivity contribution < 1.29 is 0 Å². The zero-order valence-electron chi connectivity index (χ0n) is 8.89. The molecule has 1 spiro atoms. The molecule has 1 unspecified atom stereocenters. The Kier molecular flexibility index (Phi) is 2.64. The number of nitrogens with two attached hydrogens (primary N) is 1. The summed E-state index contributed by atoms with van der Waals surface area (Å²) in [6, 6.07) is 0. The average Bonchev–Trinajstić information content (AvgIpc) is 2.84. The van der Waals surface area contributed by atoms with Crippen molar-refractivity contribution in [2.75, 3.05) is 6.54 Å². The molecule has 0 aliphatic heterocycles. The summed E-state index contributed by atoms with van der Waals surface area (Å²) in [6.07, 6.45) is 10.2. The topological polar surface area (TPSA) is 26.0 Å². The zero-order valence-corrected chi connectivity index (χ0v) is 8.89. The number of hydrogen-bond acceptors (Lipinski definition) is 1. The summed E-state index contributed by atoms with van der Waals surface area (Å²) in [5.41, 5.74) is 6.48. The molecule has 0 aromatic carbocycles. The van der Waals surface area contributed by atoms with Crippen LogP contribution in [0.2, 0.25) is 0 Å². The molecule has 76 valence electrons. The Morgan fingerprint density at radius 1 is 1.31 bits per heavy atom. The van der Waals surface area contributed by atoms with Crippen molar-refractivity contribution in [2.24, 2.45) is 23.0 Å². The lowest BCUT2D eigenvalue weighted by molar-refractivity contribution is 0.230. The van der Waals surface area contributed by atoms with Gasteiger partial charge in [-0.15, -0.1) is 0 Å². The summed E-state index contributed by atoms with van der Waals surface area (Å²) >= 11 is 0. The third kappa shape index (κ3) is 1.76. The highest BCUT2D eigenvalue weighted by atomic mass is 14.7. The predicted molar refractivity (Wildman–Crippen MR) is 56.5 cm³/mol. The lowest BCUT2D eigenvalue weighted by atomic mass is 9.77. The van der Waals surface area contributed by atoms with Crippen molar-refractivity contribution in [2.45, 2.75) is 51.9 Å². The minimum atomic E-state index is 0.749. The summed E-state index contributed by atoms with van der Waals surface area (Å²) < 4.78 is 0. The first kappa shape index (κ1) is 9.51. The summed E-state index contributed by atoms with van der Waals surface area (Å²) in [5.74, 6) is 1.95. The van der Waals surface area contributed by atoms with Gasteiger partial charge in [0.1, 0.15) is 0 Å². The van der Waals surface area contributed by atoms with Crippen LogP contribution in [-0.2, 0) is 0 Å². The lowest BCUT2D eigenvalue weighted by Gasteiger charge is -2.29. The molecule has 1 atom stereocenters. The van der Waals surface area contributed by atoms with Crippen molar-refractivity contribution in [3.8, 4) is 0 Å². The molecule has 0 saturated heterocycles. The first-order valence-corrected chi connectivity index (χ1v) is 6.01. The average molecular weight is 181 g/mol. The van der Waals surface area contributed by atoms with Gasteiger partial charge in [0, 0.05) is 0 Å². The molecule has 0 bridgehead atoms. The van der Waals surface area contributed by atoms with Crippen molar-refractivity contribution in [3.05, 3.63) is 0 Å². The Hall–Kier alpha value is -0.0400. The molecule has 2 rings (SSSR count). The Morgan fingerprint density at radius 2 is 2.00 bits per heavy atom. The van der Waals surface area contributed by atoms with Crippen LogP contribution in [0.5, 0.6) is 0 Å². The van der Waals surface area contributed by atoms with Gasteiger partial charge in [-0.05, 0) is 55.9 Å². The van der Waals surface area contributed by atoms with Gasteiger partial charge in [0.2, 0.25) is 0 Å². The van der Waals surface area contributed by atoms with E-state index >= 15 is 0 Å². The van der Waals surface area contributed by atoms with Gasteiger partial charge in [-0.3, -0.25) is 0 Å². The smallest absolute Gasteiger partial charge is 0.00433 e. The van der Waals surface area contributed by atoms with E-state index in [2.05, 4.69) is 6.92 Å². The highest BCUT2D eigenvalue weighted by Gasteiger charge is 2.53.